The largest absolute Gasteiger partial charge is 0.495 e. The second-order valence-corrected chi connectivity index (χ2v) is 6.93. The molecule has 23 heavy (non-hydrogen) atoms. The van der Waals surface area contributed by atoms with Gasteiger partial charge < -0.3 is 4.74 Å². The van der Waals surface area contributed by atoms with Crippen LogP contribution in [0.5, 0.6) is 5.75 Å². The molecular formula is C17H22N2O3S. The molecule has 3 unspecified atom stereocenters. The number of rotatable bonds is 6. The number of nitrogens with one attached hydrogen (secondary N) is 2. The molecule has 1 aromatic carbocycles. The predicted molar refractivity (Wildman–Crippen MR) is 92.3 cm³/mol. The molecule has 0 spiro atoms. The molecule has 0 aromatic heterocycles. The lowest BCUT2D eigenvalue weighted by Crippen LogP contribution is -2.52. The monoisotopic (exact) mass is 334 g/mol. The Morgan fingerprint density at radius 3 is 2.91 bits per heavy atom. The fraction of sp³-hybridized carbons (Fsp3) is 0.353. The zero-order valence-electron chi connectivity index (χ0n) is 13.4. The molecule has 1 amide bonds. The summed E-state index contributed by atoms with van der Waals surface area (Å²) < 4.78 is 17.5. The van der Waals surface area contributed by atoms with Crippen LogP contribution in [0.1, 0.15) is 18.9 Å². The number of carbonyl (C=O) groups excluding carboxylic acids is 1. The highest BCUT2D eigenvalue weighted by Gasteiger charge is 2.22. The number of methoxy groups -OCH3 is 1. The smallest absolute Gasteiger partial charge is 0.234 e. The predicted octanol–water partition coefficient (Wildman–Crippen LogP) is 2.03. The summed E-state index contributed by atoms with van der Waals surface area (Å²) in [6.07, 6.45) is 6.10. The van der Waals surface area contributed by atoms with E-state index in [1.165, 1.54) is 0 Å². The quantitative estimate of drug-likeness (QED) is 0.781. The highest BCUT2D eigenvalue weighted by Crippen LogP contribution is 2.25. The van der Waals surface area contributed by atoms with Crippen molar-refractivity contribution in [1.29, 1.82) is 0 Å². The first-order valence-electron chi connectivity index (χ1n) is 7.45. The molecule has 1 heterocycles. The fourth-order valence-electron chi connectivity index (χ4n) is 2.40. The van der Waals surface area contributed by atoms with Crippen LogP contribution < -0.4 is 15.6 Å². The van der Waals surface area contributed by atoms with Gasteiger partial charge in [0.1, 0.15) is 5.75 Å². The molecule has 1 fully saturated rings. The third-order valence-electron chi connectivity index (χ3n) is 3.70. The molecule has 0 radical (unpaired) electrons. The fourth-order valence-corrected chi connectivity index (χ4v) is 3.44. The van der Waals surface area contributed by atoms with E-state index in [1.807, 2.05) is 37.3 Å². The highest BCUT2D eigenvalue weighted by atomic mass is 32.2. The summed E-state index contributed by atoms with van der Waals surface area (Å²) in [5.41, 5.74) is 6.56. The molecule has 2 N–H and O–H groups in total. The van der Waals surface area contributed by atoms with Crippen molar-refractivity contribution in [3.63, 3.8) is 0 Å². The van der Waals surface area contributed by atoms with Gasteiger partial charge in [-0.3, -0.25) is 14.4 Å². The molecule has 0 aliphatic carbocycles. The first-order valence-corrected chi connectivity index (χ1v) is 8.77. The van der Waals surface area contributed by atoms with Gasteiger partial charge in [0.25, 0.3) is 0 Å². The summed E-state index contributed by atoms with van der Waals surface area (Å²) in [7, 11) is 0.390. The van der Waals surface area contributed by atoms with E-state index in [-0.39, 0.29) is 17.9 Å². The normalized spacial score (nSPS) is 22.6. The van der Waals surface area contributed by atoms with Crippen LogP contribution in [0.4, 0.5) is 0 Å². The van der Waals surface area contributed by atoms with Crippen LogP contribution in [-0.4, -0.2) is 29.0 Å². The van der Waals surface area contributed by atoms with E-state index in [0.29, 0.717) is 22.8 Å². The summed E-state index contributed by atoms with van der Waals surface area (Å²) >= 11 is 0. The Labute approximate surface area is 139 Å². The lowest BCUT2D eigenvalue weighted by Gasteiger charge is -2.27. The molecule has 5 nitrogen and oxygen atoms in total. The minimum Gasteiger partial charge on any atom is -0.495 e. The van der Waals surface area contributed by atoms with Crippen molar-refractivity contribution in [1.82, 2.24) is 10.9 Å². The molecule has 1 saturated heterocycles. The third-order valence-corrected chi connectivity index (χ3v) is 5.04. The average Bonchev–Trinajstić information content (AvgIpc) is 2.54. The molecule has 124 valence electrons. The Balaban J connectivity index is 2.18. The van der Waals surface area contributed by atoms with Crippen molar-refractivity contribution >= 4 is 22.8 Å². The molecule has 0 bridgehead atoms. The molecule has 3 atom stereocenters. The van der Waals surface area contributed by atoms with Crippen LogP contribution in [0.3, 0.4) is 0 Å². The Bertz CT molecular complexity index is 643. The number of amides is 1. The SMILES string of the molecule is C=CCS(=O)c1cc(/C=C/C2NNC(=O)CC2C)ccc1OC. The van der Waals surface area contributed by atoms with Crippen LogP contribution in [0.15, 0.2) is 41.8 Å². The van der Waals surface area contributed by atoms with E-state index < -0.39 is 10.8 Å². The van der Waals surface area contributed by atoms with E-state index in [0.717, 1.165) is 5.56 Å². The Morgan fingerprint density at radius 1 is 1.48 bits per heavy atom. The molecule has 1 aromatic rings. The minimum absolute atomic E-state index is 0.00806. The Kier molecular flexibility index (Phi) is 6.12. The molecule has 0 saturated carbocycles. The van der Waals surface area contributed by atoms with E-state index in [1.54, 1.807) is 13.2 Å². The van der Waals surface area contributed by atoms with Gasteiger partial charge in [-0.15, -0.1) is 6.58 Å². The van der Waals surface area contributed by atoms with Crippen LogP contribution >= 0.6 is 0 Å². The van der Waals surface area contributed by atoms with Crippen LogP contribution in [-0.2, 0) is 15.6 Å². The van der Waals surface area contributed by atoms with Gasteiger partial charge in [0.05, 0.1) is 22.8 Å². The van der Waals surface area contributed by atoms with Gasteiger partial charge in [-0.05, 0) is 23.6 Å². The highest BCUT2D eigenvalue weighted by molar-refractivity contribution is 7.85. The van der Waals surface area contributed by atoms with Crippen molar-refractivity contribution in [3.05, 3.63) is 42.5 Å². The van der Waals surface area contributed by atoms with Gasteiger partial charge in [0, 0.05) is 18.2 Å². The number of hydrogen-bond donors (Lipinski definition) is 2. The van der Waals surface area contributed by atoms with Gasteiger partial charge in [0.2, 0.25) is 5.91 Å². The number of carbonyl (C=O) groups is 1. The van der Waals surface area contributed by atoms with Crippen molar-refractivity contribution in [2.75, 3.05) is 12.9 Å². The van der Waals surface area contributed by atoms with Crippen LogP contribution in [0, 0.1) is 5.92 Å². The second kappa shape index (κ2) is 8.08. The third kappa shape index (κ3) is 4.53. The van der Waals surface area contributed by atoms with E-state index in [2.05, 4.69) is 17.4 Å². The summed E-state index contributed by atoms with van der Waals surface area (Å²) in [5.74, 6) is 1.22. The van der Waals surface area contributed by atoms with Gasteiger partial charge >= 0.3 is 0 Å². The number of ether oxygens (including phenoxy) is 1. The Hall–Kier alpha value is -1.92. The molecule has 1 aliphatic heterocycles. The van der Waals surface area contributed by atoms with Crippen molar-refractivity contribution in [2.45, 2.75) is 24.3 Å². The summed E-state index contributed by atoms with van der Waals surface area (Å²) in [5, 5.41) is 0. The van der Waals surface area contributed by atoms with Crippen molar-refractivity contribution in [3.8, 4) is 5.75 Å². The first kappa shape index (κ1) is 17.4. The second-order valence-electron chi connectivity index (χ2n) is 5.47. The first-order chi connectivity index (χ1) is 11.0. The van der Waals surface area contributed by atoms with Gasteiger partial charge in [-0.2, -0.15) is 0 Å². The van der Waals surface area contributed by atoms with Gasteiger partial charge in [-0.25, -0.2) is 5.43 Å². The van der Waals surface area contributed by atoms with Crippen LogP contribution in [0.2, 0.25) is 0 Å². The lowest BCUT2D eigenvalue weighted by molar-refractivity contribution is -0.125. The maximum Gasteiger partial charge on any atom is 0.234 e. The minimum atomic E-state index is -1.17. The lowest BCUT2D eigenvalue weighted by atomic mass is 9.96. The maximum absolute atomic E-state index is 12.2. The van der Waals surface area contributed by atoms with Crippen LogP contribution in [0.25, 0.3) is 6.08 Å². The topological polar surface area (TPSA) is 67.4 Å². The molecular weight excluding hydrogens is 312 g/mol. The van der Waals surface area contributed by atoms with E-state index >= 15 is 0 Å². The number of hydrazine groups is 1. The number of hydrogen-bond acceptors (Lipinski definition) is 4. The summed E-state index contributed by atoms with van der Waals surface area (Å²) in [6, 6.07) is 5.66. The average molecular weight is 334 g/mol. The summed E-state index contributed by atoms with van der Waals surface area (Å²) in [6.45, 7) is 5.65. The van der Waals surface area contributed by atoms with E-state index in [4.69, 9.17) is 4.74 Å². The summed E-state index contributed by atoms with van der Waals surface area (Å²) in [4.78, 5) is 12.0. The van der Waals surface area contributed by atoms with Crippen molar-refractivity contribution in [2.24, 2.45) is 5.92 Å². The van der Waals surface area contributed by atoms with E-state index in [9.17, 15) is 9.00 Å². The van der Waals surface area contributed by atoms with Gasteiger partial charge in [0.15, 0.2) is 0 Å². The maximum atomic E-state index is 12.2. The zero-order chi connectivity index (χ0) is 16.8. The van der Waals surface area contributed by atoms with Gasteiger partial charge in [-0.1, -0.05) is 31.2 Å². The number of benzene rings is 1. The molecule has 1 aliphatic rings. The standard InChI is InChI=1S/C17H22N2O3S/c1-4-9-23(21)16-11-13(6-8-15(16)22-3)5-7-14-12(2)10-17(20)19-18-14/h4-8,11-12,14,18H,1,9-10H2,2-3H3,(H,19,20)/b7-5+. The zero-order valence-corrected chi connectivity index (χ0v) is 14.2. The Morgan fingerprint density at radius 2 is 2.26 bits per heavy atom. The molecule has 2 rings (SSSR count). The van der Waals surface area contributed by atoms with Crippen molar-refractivity contribution < 1.29 is 13.7 Å². The molecule has 6 heteroatoms.